The number of benzene rings is 2. The van der Waals surface area contributed by atoms with Crippen LogP contribution in [0.15, 0.2) is 53.4 Å². The zero-order chi connectivity index (χ0) is 26.7. The zero-order valence-electron chi connectivity index (χ0n) is 20.6. The number of halogens is 3. The van der Waals surface area contributed by atoms with E-state index in [1.807, 2.05) is 6.92 Å². The fourth-order valence-electron chi connectivity index (χ4n) is 3.70. The number of nitrogens with one attached hydrogen (secondary N) is 1. The third-order valence-electron chi connectivity index (χ3n) is 5.56. The summed E-state index contributed by atoms with van der Waals surface area (Å²) in [5.74, 6) is 0. The summed E-state index contributed by atoms with van der Waals surface area (Å²) in [4.78, 5) is 14.1. The van der Waals surface area contributed by atoms with Gasteiger partial charge in [0, 0.05) is 6.54 Å². The maximum absolute atomic E-state index is 13.0. The van der Waals surface area contributed by atoms with E-state index in [9.17, 15) is 26.4 Å². The number of alkyl halides is 3. The van der Waals surface area contributed by atoms with E-state index in [4.69, 9.17) is 9.47 Å². The number of carbonyl (C=O) groups is 1. The van der Waals surface area contributed by atoms with E-state index in [1.54, 1.807) is 32.9 Å². The summed E-state index contributed by atoms with van der Waals surface area (Å²) in [6, 6.07) is 10.4. The van der Waals surface area contributed by atoms with E-state index >= 15 is 0 Å². The first-order valence-electron chi connectivity index (χ1n) is 11.5. The second-order valence-electron chi connectivity index (χ2n) is 9.78. The molecule has 1 aliphatic rings. The molecule has 0 unspecified atom stereocenters. The molecule has 7 nitrogen and oxygen atoms in total. The second kappa shape index (κ2) is 10.8. The number of sulfonamides is 1. The standard InChI is InChI=1S/C25H31F3N2O5S/c1-17-5-11-20(12-6-17)36(32,33)29-21-15-30(23(31)35-24(2,3)4)16-22(21)34-14-13-18-7-9-19(10-8-18)25(26,27)28/h5-12,21-22,29H,13-16H2,1-4H3/t21-,22-/m1/s1. The summed E-state index contributed by atoms with van der Waals surface area (Å²) in [5.41, 5.74) is 0.0916. The Morgan fingerprint density at radius 2 is 1.64 bits per heavy atom. The number of carbonyl (C=O) groups excluding carboxylic acids is 1. The number of hydrogen-bond donors (Lipinski definition) is 1. The van der Waals surface area contributed by atoms with Gasteiger partial charge in [0.25, 0.3) is 0 Å². The first-order valence-corrected chi connectivity index (χ1v) is 13.0. The molecular weight excluding hydrogens is 497 g/mol. The van der Waals surface area contributed by atoms with Crippen molar-refractivity contribution in [1.82, 2.24) is 9.62 Å². The van der Waals surface area contributed by atoms with E-state index in [1.165, 1.54) is 29.2 Å². The fourth-order valence-corrected chi connectivity index (χ4v) is 4.96. The highest BCUT2D eigenvalue weighted by Crippen LogP contribution is 2.29. The second-order valence-corrected chi connectivity index (χ2v) is 11.5. The van der Waals surface area contributed by atoms with Gasteiger partial charge < -0.3 is 14.4 Å². The fraction of sp³-hybridized carbons (Fsp3) is 0.480. The lowest BCUT2D eigenvalue weighted by molar-refractivity contribution is -0.137. The molecule has 3 rings (SSSR count). The van der Waals surface area contributed by atoms with Crippen LogP contribution in [-0.2, 0) is 32.1 Å². The monoisotopic (exact) mass is 528 g/mol. The first kappa shape index (κ1) is 27.9. The van der Waals surface area contributed by atoms with Gasteiger partial charge in [-0.1, -0.05) is 29.8 Å². The van der Waals surface area contributed by atoms with Crippen LogP contribution in [0.5, 0.6) is 0 Å². The number of ether oxygens (including phenoxy) is 2. The predicted molar refractivity (Wildman–Crippen MR) is 128 cm³/mol. The molecule has 0 aliphatic carbocycles. The molecule has 1 heterocycles. The SMILES string of the molecule is Cc1ccc(S(=O)(=O)N[C@@H]2CN(C(=O)OC(C)(C)C)C[C@H]2OCCc2ccc(C(F)(F)F)cc2)cc1. The lowest BCUT2D eigenvalue weighted by Crippen LogP contribution is -2.44. The Labute approximate surface area is 209 Å². The molecule has 36 heavy (non-hydrogen) atoms. The molecule has 198 valence electrons. The molecule has 1 amide bonds. The molecule has 0 radical (unpaired) electrons. The van der Waals surface area contributed by atoms with Gasteiger partial charge in [-0.15, -0.1) is 0 Å². The normalized spacial score (nSPS) is 18.9. The number of hydrogen-bond acceptors (Lipinski definition) is 5. The van der Waals surface area contributed by atoms with Crippen LogP contribution < -0.4 is 4.72 Å². The smallest absolute Gasteiger partial charge is 0.416 e. The third-order valence-corrected chi connectivity index (χ3v) is 7.07. The topological polar surface area (TPSA) is 84.9 Å². The van der Waals surface area contributed by atoms with Crippen molar-refractivity contribution in [2.45, 2.75) is 62.9 Å². The van der Waals surface area contributed by atoms with E-state index < -0.39 is 45.6 Å². The van der Waals surface area contributed by atoms with Crippen molar-refractivity contribution < 1.29 is 35.9 Å². The van der Waals surface area contributed by atoms with Crippen LogP contribution in [0, 0.1) is 6.92 Å². The van der Waals surface area contributed by atoms with Crippen LogP contribution in [0.4, 0.5) is 18.0 Å². The minimum Gasteiger partial charge on any atom is -0.444 e. The van der Waals surface area contributed by atoms with Gasteiger partial charge in [0.15, 0.2) is 0 Å². The van der Waals surface area contributed by atoms with E-state index in [0.717, 1.165) is 17.7 Å². The van der Waals surface area contributed by atoms with E-state index in [-0.39, 0.29) is 24.6 Å². The van der Waals surface area contributed by atoms with Gasteiger partial charge in [-0.05, 0) is 63.9 Å². The van der Waals surface area contributed by atoms with Crippen molar-refractivity contribution in [1.29, 1.82) is 0 Å². The number of likely N-dealkylation sites (tertiary alicyclic amines) is 1. The molecule has 1 N–H and O–H groups in total. The van der Waals surface area contributed by atoms with Crippen LogP contribution in [-0.4, -0.2) is 56.9 Å². The van der Waals surface area contributed by atoms with Gasteiger partial charge in [0.1, 0.15) is 5.60 Å². The molecule has 2 aromatic carbocycles. The van der Waals surface area contributed by atoms with Gasteiger partial charge in [-0.3, -0.25) is 0 Å². The highest BCUT2D eigenvalue weighted by Gasteiger charge is 2.40. The van der Waals surface area contributed by atoms with E-state index in [2.05, 4.69) is 4.72 Å². The van der Waals surface area contributed by atoms with Crippen LogP contribution in [0.1, 0.15) is 37.5 Å². The average molecular weight is 529 g/mol. The molecule has 0 aromatic heterocycles. The summed E-state index contributed by atoms with van der Waals surface area (Å²) in [6.07, 6.45) is -5.35. The van der Waals surface area contributed by atoms with Crippen molar-refractivity contribution in [2.24, 2.45) is 0 Å². The Kier molecular flexibility index (Phi) is 8.37. The summed E-state index contributed by atoms with van der Waals surface area (Å²) < 4.78 is 78.3. The van der Waals surface area contributed by atoms with Crippen molar-refractivity contribution in [3.05, 3.63) is 65.2 Å². The van der Waals surface area contributed by atoms with Gasteiger partial charge in [-0.2, -0.15) is 13.2 Å². The Morgan fingerprint density at radius 1 is 1.03 bits per heavy atom. The van der Waals surface area contributed by atoms with Crippen molar-refractivity contribution in [2.75, 3.05) is 19.7 Å². The molecule has 2 atom stereocenters. The zero-order valence-corrected chi connectivity index (χ0v) is 21.4. The highest BCUT2D eigenvalue weighted by atomic mass is 32.2. The number of rotatable bonds is 7. The van der Waals surface area contributed by atoms with Gasteiger partial charge >= 0.3 is 12.3 Å². The molecule has 0 spiro atoms. The Balaban J connectivity index is 1.69. The molecule has 2 aromatic rings. The third kappa shape index (κ3) is 7.68. The Hall–Kier alpha value is -2.63. The molecule has 1 saturated heterocycles. The largest absolute Gasteiger partial charge is 0.444 e. The number of nitrogens with zero attached hydrogens (tertiary/aromatic N) is 1. The molecular formula is C25H31F3N2O5S. The predicted octanol–water partition coefficient (Wildman–Crippen LogP) is 4.54. The average Bonchev–Trinajstić information content (AvgIpc) is 3.15. The van der Waals surface area contributed by atoms with Crippen LogP contribution in [0.25, 0.3) is 0 Å². The minimum absolute atomic E-state index is 0.0466. The molecule has 1 aliphatic heterocycles. The van der Waals surface area contributed by atoms with Crippen molar-refractivity contribution >= 4 is 16.1 Å². The quantitative estimate of drug-likeness (QED) is 0.571. The summed E-state index contributed by atoms with van der Waals surface area (Å²) in [5, 5.41) is 0. The summed E-state index contributed by atoms with van der Waals surface area (Å²) in [7, 11) is -3.89. The highest BCUT2D eigenvalue weighted by molar-refractivity contribution is 7.89. The lowest BCUT2D eigenvalue weighted by atomic mass is 10.1. The Bertz CT molecular complexity index is 1140. The first-order chi connectivity index (χ1) is 16.6. The van der Waals surface area contributed by atoms with Gasteiger partial charge in [0.05, 0.1) is 35.8 Å². The van der Waals surface area contributed by atoms with Crippen LogP contribution in [0.3, 0.4) is 0 Å². The van der Waals surface area contributed by atoms with Gasteiger partial charge in [0.2, 0.25) is 10.0 Å². The maximum atomic E-state index is 13.0. The van der Waals surface area contributed by atoms with Crippen molar-refractivity contribution in [3.8, 4) is 0 Å². The van der Waals surface area contributed by atoms with E-state index in [0.29, 0.717) is 12.0 Å². The summed E-state index contributed by atoms with van der Waals surface area (Å²) in [6.45, 7) is 7.32. The molecule has 0 saturated carbocycles. The Morgan fingerprint density at radius 3 is 2.19 bits per heavy atom. The van der Waals surface area contributed by atoms with Crippen molar-refractivity contribution in [3.63, 3.8) is 0 Å². The van der Waals surface area contributed by atoms with Crippen LogP contribution in [0.2, 0.25) is 0 Å². The van der Waals surface area contributed by atoms with Gasteiger partial charge in [-0.25, -0.2) is 17.9 Å². The molecule has 0 bridgehead atoms. The number of amides is 1. The molecule has 11 heteroatoms. The lowest BCUT2D eigenvalue weighted by Gasteiger charge is -2.24. The maximum Gasteiger partial charge on any atom is 0.416 e. The summed E-state index contributed by atoms with van der Waals surface area (Å²) >= 11 is 0. The van der Waals surface area contributed by atoms with Crippen LogP contribution >= 0.6 is 0 Å². The molecule has 1 fully saturated rings. The number of aryl methyl sites for hydroxylation is 1. The minimum atomic E-state index is -4.41.